The number of imidazole rings is 1. The summed E-state index contributed by atoms with van der Waals surface area (Å²) in [7, 11) is 3.94. The summed E-state index contributed by atoms with van der Waals surface area (Å²) in [5.41, 5.74) is 1.55. The number of carbonyl (C=O) groups excluding carboxylic acids is 1. The highest BCUT2D eigenvalue weighted by Gasteiger charge is 2.46. The molecule has 4 rings (SSSR count). The molecule has 0 radical (unpaired) electrons. The van der Waals surface area contributed by atoms with Crippen molar-refractivity contribution in [2.75, 3.05) is 27.2 Å². The van der Waals surface area contributed by atoms with Crippen molar-refractivity contribution in [2.24, 2.45) is 0 Å². The molecule has 1 aliphatic rings. The van der Waals surface area contributed by atoms with E-state index in [1.807, 2.05) is 44.4 Å². The molecular weight excluding hydrogens is 376 g/mol. The zero-order valence-corrected chi connectivity index (χ0v) is 16.7. The van der Waals surface area contributed by atoms with Crippen LogP contribution in [0.15, 0.2) is 54.9 Å². The number of halogens is 1. The topological polar surface area (TPSA) is 61.1 Å². The van der Waals surface area contributed by atoms with Crippen molar-refractivity contribution in [1.29, 1.82) is 0 Å². The molecule has 6 nitrogen and oxygen atoms in total. The lowest BCUT2D eigenvalue weighted by molar-refractivity contribution is -0.0613. The first-order chi connectivity index (χ1) is 13.4. The quantitative estimate of drug-likeness (QED) is 0.736. The number of aliphatic hydroxyl groups is 1. The SMILES string of the molecule is CN(C)[C@]1(c2ccccc2)CCN(C(=O)c2cn3cc(Cl)ccc3n2)C[C@H]1O. The fourth-order valence-electron chi connectivity index (χ4n) is 4.18. The molecule has 146 valence electrons. The fourth-order valence-corrected chi connectivity index (χ4v) is 4.35. The van der Waals surface area contributed by atoms with Gasteiger partial charge in [-0.25, -0.2) is 4.98 Å². The first-order valence-corrected chi connectivity index (χ1v) is 9.64. The molecular formula is C21H23ClN4O2. The standard InChI is InChI=1S/C21H23ClN4O2/c1-24(2)21(15-6-4-3-5-7-15)10-11-25(14-18(21)27)20(28)17-13-26-12-16(22)8-9-19(26)23-17/h3-9,12-13,18,27H,10-11,14H2,1-2H3/t18-,21+/m1/s1. The number of benzene rings is 1. The molecule has 1 fully saturated rings. The van der Waals surface area contributed by atoms with Crippen LogP contribution < -0.4 is 0 Å². The number of amides is 1. The Morgan fingerprint density at radius 1 is 1.21 bits per heavy atom. The number of piperidine rings is 1. The number of hydrogen-bond acceptors (Lipinski definition) is 4. The van der Waals surface area contributed by atoms with Crippen LogP contribution in [0.25, 0.3) is 5.65 Å². The number of carbonyl (C=O) groups is 1. The average molecular weight is 399 g/mol. The van der Waals surface area contributed by atoms with Gasteiger partial charge in [0.2, 0.25) is 0 Å². The summed E-state index contributed by atoms with van der Waals surface area (Å²) in [6.07, 6.45) is 3.32. The normalized spacial score (nSPS) is 22.8. The number of β-amino-alcohol motifs (C(OH)–C–C–N with tert-alkyl or cyclic N) is 1. The van der Waals surface area contributed by atoms with E-state index in [2.05, 4.69) is 9.88 Å². The van der Waals surface area contributed by atoms with Gasteiger partial charge in [0.15, 0.2) is 0 Å². The smallest absolute Gasteiger partial charge is 0.274 e. The van der Waals surface area contributed by atoms with Crippen LogP contribution in [0.5, 0.6) is 0 Å². The highest BCUT2D eigenvalue weighted by molar-refractivity contribution is 6.30. The molecule has 7 heteroatoms. The first kappa shape index (κ1) is 18.9. The van der Waals surface area contributed by atoms with Crippen LogP contribution in [-0.2, 0) is 5.54 Å². The van der Waals surface area contributed by atoms with Crippen LogP contribution >= 0.6 is 11.6 Å². The molecule has 0 bridgehead atoms. The molecule has 3 heterocycles. The molecule has 2 atom stereocenters. The lowest BCUT2D eigenvalue weighted by atomic mass is 9.77. The Morgan fingerprint density at radius 3 is 2.64 bits per heavy atom. The van der Waals surface area contributed by atoms with Gasteiger partial charge in [-0.15, -0.1) is 0 Å². The Kier molecular flexibility index (Phi) is 4.87. The van der Waals surface area contributed by atoms with Crippen LogP contribution in [0, 0.1) is 0 Å². The monoisotopic (exact) mass is 398 g/mol. The van der Waals surface area contributed by atoms with Gasteiger partial charge in [-0.3, -0.25) is 9.69 Å². The second-order valence-corrected chi connectivity index (χ2v) is 7.88. The second kappa shape index (κ2) is 7.20. The molecule has 28 heavy (non-hydrogen) atoms. The highest BCUT2D eigenvalue weighted by Crippen LogP contribution is 2.37. The molecule has 1 saturated heterocycles. The van der Waals surface area contributed by atoms with Crippen molar-refractivity contribution < 1.29 is 9.90 Å². The van der Waals surface area contributed by atoms with E-state index in [1.165, 1.54) is 0 Å². The van der Waals surface area contributed by atoms with Gasteiger partial charge in [0.1, 0.15) is 11.3 Å². The summed E-state index contributed by atoms with van der Waals surface area (Å²) in [6.45, 7) is 0.790. The molecule has 3 aromatic rings. The van der Waals surface area contributed by atoms with E-state index < -0.39 is 11.6 Å². The van der Waals surface area contributed by atoms with Gasteiger partial charge in [0.25, 0.3) is 5.91 Å². The third kappa shape index (κ3) is 3.07. The van der Waals surface area contributed by atoms with Crippen LogP contribution in [0.2, 0.25) is 5.02 Å². The van der Waals surface area contributed by atoms with Crippen LogP contribution in [0.3, 0.4) is 0 Å². The molecule has 0 saturated carbocycles. The second-order valence-electron chi connectivity index (χ2n) is 7.44. The maximum atomic E-state index is 13.0. The lowest BCUT2D eigenvalue weighted by Crippen LogP contribution is -2.60. The first-order valence-electron chi connectivity index (χ1n) is 9.26. The molecule has 0 unspecified atom stereocenters. The Labute approximate surface area is 169 Å². The van der Waals surface area contributed by atoms with Crippen molar-refractivity contribution in [3.63, 3.8) is 0 Å². The zero-order valence-electron chi connectivity index (χ0n) is 15.9. The summed E-state index contributed by atoms with van der Waals surface area (Å²) in [4.78, 5) is 21.2. The largest absolute Gasteiger partial charge is 0.389 e. The van der Waals surface area contributed by atoms with Crippen molar-refractivity contribution in [1.82, 2.24) is 19.2 Å². The number of likely N-dealkylation sites (tertiary alicyclic amines) is 1. The summed E-state index contributed by atoms with van der Waals surface area (Å²) in [5, 5.41) is 11.7. The number of pyridine rings is 1. The van der Waals surface area contributed by atoms with Gasteiger partial charge in [-0.2, -0.15) is 0 Å². The van der Waals surface area contributed by atoms with Gasteiger partial charge in [-0.1, -0.05) is 41.9 Å². The lowest BCUT2D eigenvalue weighted by Gasteiger charge is -2.49. The van der Waals surface area contributed by atoms with Crippen molar-refractivity contribution in [3.8, 4) is 0 Å². The molecule has 0 aliphatic carbocycles. The van der Waals surface area contributed by atoms with E-state index >= 15 is 0 Å². The van der Waals surface area contributed by atoms with Crippen molar-refractivity contribution >= 4 is 23.2 Å². The maximum Gasteiger partial charge on any atom is 0.274 e. The van der Waals surface area contributed by atoms with Crippen molar-refractivity contribution in [2.45, 2.75) is 18.1 Å². The Bertz CT molecular complexity index is 1000. The molecule has 0 spiro atoms. The van der Waals surface area contributed by atoms with Crippen molar-refractivity contribution in [3.05, 3.63) is 71.1 Å². The van der Waals surface area contributed by atoms with Gasteiger partial charge < -0.3 is 14.4 Å². The molecule has 2 aromatic heterocycles. The Morgan fingerprint density at radius 2 is 1.96 bits per heavy atom. The minimum Gasteiger partial charge on any atom is -0.389 e. The number of likely N-dealkylation sites (N-methyl/N-ethyl adjacent to an activating group) is 1. The summed E-state index contributed by atoms with van der Waals surface area (Å²) < 4.78 is 1.74. The molecule has 1 N–H and O–H groups in total. The van der Waals surface area contributed by atoms with Gasteiger partial charge in [0, 0.05) is 25.5 Å². The predicted molar refractivity (Wildman–Crippen MR) is 109 cm³/mol. The summed E-state index contributed by atoms with van der Waals surface area (Å²) >= 11 is 6.01. The van der Waals surface area contributed by atoms with Crippen LogP contribution in [0.1, 0.15) is 22.5 Å². The average Bonchev–Trinajstić information content (AvgIpc) is 3.11. The van der Waals surface area contributed by atoms with E-state index in [-0.39, 0.29) is 12.5 Å². The fraction of sp³-hybridized carbons (Fsp3) is 0.333. The van der Waals surface area contributed by atoms with E-state index in [9.17, 15) is 9.90 Å². The number of aliphatic hydroxyl groups excluding tert-OH is 1. The minimum atomic E-state index is -0.714. The third-order valence-corrected chi connectivity index (χ3v) is 5.92. The van der Waals surface area contributed by atoms with Gasteiger partial charge in [-0.05, 0) is 38.2 Å². The molecule has 1 amide bonds. The van der Waals surface area contributed by atoms with E-state index in [1.54, 1.807) is 33.8 Å². The number of aromatic nitrogens is 2. The highest BCUT2D eigenvalue weighted by atomic mass is 35.5. The number of fused-ring (bicyclic) bond motifs is 1. The minimum absolute atomic E-state index is 0.181. The molecule has 1 aromatic carbocycles. The van der Waals surface area contributed by atoms with Gasteiger partial charge >= 0.3 is 0 Å². The number of nitrogens with zero attached hydrogens (tertiary/aromatic N) is 4. The van der Waals surface area contributed by atoms with Gasteiger partial charge in [0.05, 0.1) is 16.7 Å². The summed E-state index contributed by atoms with van der Waals surface area (Å²) in [6, 6.07) is 13.5. The Hall–Kier alpha value is -2.41. The van der Waals surface area contributed by atoms with E-state index in [4.69, 9.17) is 11.6 Å². The summed E-state index contributed by atoms with van der Waals surface area (Å²) in [5.74, 6) is -0.181. The maximum absolute atomic E-state index is 13.0. The zero-order chi connectivity index (χ0) is 19.9. The molecule has 1 aliphatic heterocycles. The van der Waals surface area contributed by atoms with Crippen LogP contribution in [-0.4, -0.2) is 63.5 Å². The Balaban J connectivity index is 1.59. The predicted octanol–water partition coefficient (Wildman–Crippen LogP) is 2.65. The van der Waals surface area contributed by atoms with E-state index in [0.717, 1.165) is 5.56 Å². The van der Waals surface area contributed by atoms with E-state index in [0.29, 0.717) is 29.3 Å². The third-order valence-electron chi connectivity index (χ3n) is 5.70. The number of rotatable bonds is 3. The number of hydrogen-bond donors (Lipinski definition) is 1. The van der Waals surface area contributed by atoms with Crippen LogP contribution in [0.4, 0.5) is 0 Å².